The van der Waals surface area contributed by atoms with E-state index in [-0.39, 0.29) is 11.9 Å². The molecule has 0 saturated carbocycles. The fourth-order valence-corrected chi connectivity index (χ4v) is 2.91. The molecular formula is C18H20N2O. The van der Waals surface area contributed by atoms with Crippen molar-refractivity contribution in [1.82, 2.24) is 0 Å². The number of hydrogen-bond donors (Lipinski definition) is 2. The predicted molar refractivity (Wildman–Crippen MR) is 84.4 cm³/mol. The van der Waals surface area contributed by atoms with Gasteiger partial charge in [0, 0.05) is 5.56 Å². The highest BCUT2D eigenvalue weighted by atomic mass is 16.5. The van der Waals surface area contributed by atoms with Gasteiger partial charge in [0.1, 0.15) is 5.84 Å². The van der Waals surface area contributed by atoms with Crippen LogP contribution in [0.15, 0.2) is 48.5 Å². The molecule has 21 heavy (non-hydrogen) atoms. The Morgan fingerprint density at radius 1 is 1.19 bits per heavy atom. The molecule has 1 unspecified atom stereocenters. The molecule has 1 aliphatic rings. The van der Waals surface area contributed by atoms with Crippen molar-refractivity contribution in [2.24, 2.45) is 5.73 Å². The van der Waals surface area contributed by atoms with Crippen LogP contribution in [0.5, 0.6) is 0 Å². The number of nitrogens with one attached hydrogen (secondary N) is 1. The van der Waals surface area contributed by atoms with Crippen molar-refractivity contribution in [3.05, 3.63) is 70.8 Å². The van der Waals surface area contributed by atoms with Crippen LogP contribution in [-0.4, -0.2) is 5.84 Å². The lowest BCUT2D eigenvalue weighted by Crippen LogP contribution is -2.13. The third-order valence-corrected chi connectivity index (χ3v) is 4.00. The maximum Gasteiger partial charge on any atom is 0.122 e. The summed E-state index contributed by atoms with van der Waals surface area (Å²) in [6, 6.07) is 16.3. The second-order valence-electron chi connectivity index (χ2n) is 5.50. The monoisotopic (exact) mass is 280 g/mol. The fourth-order valence-electron chi connectivity index (χ4n) is 2.91. The van der Waals surface area contributed by atoms with E-state index in [1.165, 1.54) is 17.5 Å². The van der Waals surface area contributed by atoms with Crippen LogP contribution in [0, 0.1) is 5.41 Å². The number of ether oxygens (including phenoxy) is 1. The maximum absolute atomic E-state index is 7.49. The van der Waals surface area contributed by atoms with E-state index < -0.39 is 0 Å². The zero-order valence-corrected chi connectivity index (χ0v) is 12.0. The first kappa shape index (κ1) is 13.8. The molecule has 1 aliphatic carbocycles. The summed E-state index contributed by atoms with van der Waals surface area (Å²) in [5.74, 6) is 0.0971. The summed E-state index contributed by atoms with van der Waals surface area (Å²) in [6.07, 6.45) is 3.57. The van der Waals surface area contributed by atoms with Crippen molar-refractivity contribution in [2.45, 2.75) is 32.0 Å². The number of aryl methyl sites for hydroxylation is 1. The van der Waals surface area contributed by atoms with Gasteiger partial charge in [-0.15, -0.1) is 0 Å². The molecular weight excluding hydrogens is 260 g/mol. The van der Waals surface area contributed by atoms with Gasteiger partial charge in [0.25, 0.3) is 0 Å². The molecule has 3 nitrogen and oxygen atoms in total. The molecule has 108 valence electrons. The lowest BCUT2D eigenvalue weighted by Gasteiger charge is -2.25. The maximum atomic E-state index is 7.49. The minimum absolute atomic E-state index is 0.0971. The topological polar surface area (TPSA) is 59.1 Å². The molecule has 0 fully saturated rings. The highest BCUT2D eigenvalue weighted by molar-refractivity contribution is 5.95. The van der Waals surface area contributed by atoms with Gasteiger partial charge in [-0.25, -0.2) is 0 Å². The van der Waals surface area contributed by atoms with Gasteiger partial charge >= 0.3 is 0 Å². The molecule has 3 rings (SSSR count). The molecule has 2 aromatic carbocycles. The third-order valence-electron chi connectivity index (χ3n) is 4.00. The van der Waals surface area contributed by atoms with E-state index in [0.717, 1.165) is 24.0 Å². The quantitative estimate of drug-likeness (QED) is 0.664. The van der Waals surface area contributed by atoms with E-state index in [9.17, 15) is 0 Å². The summed E-state index contributed by atoms with van der Waals surface area (Å²) < 4.78 is 6.12. The van der Waals surface area contributed by atoms with E-state index in [0.29, 0.717) is 6.61 Å². The Morgan fingerprint density at radius 2 is 2.05 bits per heavy atom. The Morgan fingerprint density at radius 3 is 2.90 bits per heavy atom. The molecule has 0 spiro atoms. The largest absolute Gasteiger partial charge is 0.384 e. The second kappa shape index (κ2) is 6.10. The SMILES string of the molecule is N=C(N)c1cccc(COC2CCCc3ccccc32)c1. The van der Waals surface area contributed by atoms with Gasteiger partial charge in [-0.2, -0.15) is 0 Å². The zero-order valence-electron chi connectivity index (χ0n) is 12.0. The Labute approximate surface area is 125 Å². The summed E-state index contributed by atoms with van der Waals surface area (Å²) in [6.45, 7) is 0.556. The van der Waals surface area contributed by atoms with Crippen molar-refractivity contribution in [3.63, 3.8) is 0 Å². The number of nitrogens with two attached hydrogens (primary N) is 1. The number of nitrogen functional groups attached to an aromatic ring is 1. The molecule has 0 aliphatic heterocycles. The number of amidine groups is 1. The van der Waals surface area contributed by atoms with E-state index in [4.69, 9.17) is 15.9 Å². The van der Waals surface area contributed by atoms with Gasteiger partial charge in [-0.05, 0) is 42.0 Å². The summed E-state index contributed by atoms with van der Waals surface area (Å²) in [7, 11) is 0. The van der Waals surface area contributed by atoms with Crippen LogP contribution in [-0.2, 0) is 17.8 Å². The van der Waals surface area contributed by atoms with Crippen LogP contribution in [0.25, 0.3) is 0 Å². The predicted octanol–water partition coefficient (Wildman–Crippen LogP) is 3.56. The molecule has 0 aromatic heterocycles. The molecule has 0 amide bonds. The third kappa shape index (κ3) is 3.14. The Balaban J connectivity index is 1.71. The van der Waals surface area contributed by atoms with Crippen molar-refractivity contribution in [2.75, 3.05) is 0 Å². The van der Waals surface area contributed by atoms with Crippen LogP contribution in [0.4, 0.5) is 0 Å². The normalized spacial score (nSPS) is 17.2. The highest BCUT2D eigenvalue weighted by Gasteiger charge is 2.20. The number of hydrogen-bond acceptors (Lipinski definition) is 2. The summed E-state index contributed by atoms with van der Waals surface area (Å²) >= 11 is 0. The van der Waals surface area contributed by atoms with Gasteiger partial charge in [-0.1, -0.05) is 42.5 Å². The van der Waals surface area contributed by atoms with Crippen molar-refractivity contribution >= 4 is 5.84 Å². The molecule has 2 aromatic rings. The van der Waals surface area contributed by atoms with Crippen molar-refractivity contribution < 1.29 is 4.74 Å². The Hall–Kier alpha value is -2.13. The second-order valence-corrected chi connectivity index (χ2v) is 5.50. The summed E-state index contributed by atoms with van der Waals surface area (Å²) in [4.78, 5) is 0. The molecule has 1 atom stereocenters. The van der Waals surface area contributed by atoms with Gasteiger partial charge in [0.15, 0.2) is 0 Å². The van der Waals surface area contributed by atoms with E-state index in [1.54, 1.807) is 0 Å². The first-order chi connectivity index (χ1) is 10.2. The Kier molecular flexibility index (Phi) is 4.02. The van der Waals surface area contributed by atoms with Crippen molar-refractivity contribution in [1.29, 1.82) is 5.41 Å². The average molecular weight is 280 g/mol. The molecule has 3 heteroatoms. The summed E-state index contributed by atoms with van der Waals surface area (Å²) in [5.41, 5.74) is 10.1. The van der Waals surface area contributed by atoms with Crippen LogP contribution >= 0.6 is 0 Å². The molecule has 3 N–H and O–H groups in total. The number of benzene rings is 2. The average Bonchev–Trinajstić information content (AvgIpc) is 2.53. The fraction of sp³-hybridized carbons (Fsp3) is 0.278. The van der Waals surface area contributed by atoms with Gasteiger partial charge in [0.2, 0.25) is 0 Å². The molecule has 0 saturated heterocycles. The van der Waals surface area contributed by atoms with Crippen molar-refractivity contribution in [3.8, 4) is 0 Å². The first-order valence-electron chi connectivity index (χ1n) is 7.37. The van der Waals surface area contributed by atoms with Crippen LogP contribution in [0.1, 0.15) is 41.2 Å². The lowest BCUT2D eigenvalue weighted by molar-refractivity contribution is 0.0283. The van der Waals surface area contributed by atoms with Gasteiger partial charge < -0.3 is 10.5 Å². The number of fused-ring (bicyclic) bond motifs is 1. The first-order valence-corrected chi connectivity index (χ1v) is 7.37. The standard InChI is InChI=1S/C18H20N2O/c19-18(20)15-8-3-5-13(11-15)12-21-17-10-4-7-14-6-1-2-9-16(14)17/h1-3,5-6,8-9,11,17H,4,7,10,12H2,(H3,19,20). The van der Waals surface area contributed by atoms with Gasteiger partial charge in [-0.3, -0.25) is 5.41 Å². The molecule has 0 bridgehead atoms. The van der Waals surface area contributed by atoms with E-state index in [2.05, 4.69) is 24.3 Å². The minimum Gasteiger partial charge on any atom is -0.384 e. The minimum atomic E-state index is 0.0971. The van der Waals surface area contributed by atoms with Gasteiger partial charge in [0.05, 0.1) is 12.7 Å². The smallest absolute Gasteiger partial charge is 0.122 e. The molecule has 0 radical (unpaired) electrons. The highest BCUT2D eigenvalue weighted by Crippen LogP contribution is 2.32. The van der Waals surface area contributed by atoms with Crippen LogP contribution < -0.4 is 5.73 Å². The number of rotatable bonds is 4. The van der Waals surface area contributed by atoms with E-state index >= 15 is 0 Å². The Bertz CT molecular complexity index is 651. The molecule has 0 heterocycles. The zero-order chi connectivity index (χ0) is 14.7. The van der Waals surface area contributed by atoms with E-state index in [1.807, 2.05) is 24.3 Å². The van der Waals surface area contributed by atoms with Crippen LogP contribution in [0.2, 0.25) is 0 Å². The van der Waals surface area contributed by atoms with Crippen LogP contribution in [0.3, 0.4) is 0 Å². The summed E-state index contributed by atoms with van der Waals surface area (Å²) in [5, 5.41) is 7.49. The lowest BCUT2D eigenvalue weighted by atomic mass is 9.89.